The van der Waals surface area contributed by atoms with E-state index in [1.165, 1.54) is 11.8 Å². The third-order valence-electron chi connectivity index (χ3n) is 3.61. The predicted molar refractivity (Wildman–Crippen MR) is 96.8 cm³/mol. The fraction of sp³-hybridized carbons (Fsp3) is 0.0588. The highest BCUT2D eigenvalue weighted by Gasteiger charge is 2.11. The molecule has 0 bridgehead atoms. The smallest absolute Gasteiger partial charge is 0.234 e. The van der Waals surface area contributed by atoms with Crippen LogP contribution in [-0.4, -0.2) is 36.9 Å². The maximum atomic E-state index is 12.2. The van der Waals surface area contributed by atoms with Crippen LogP contribution in [0.5, 0.6) is 0 Å². The summed E-state index contributed by atoms with van der Waals surface area (Å²) in [6.07, 6.45) is 1.87. The van der Waals surface area contributed by atoms with Crippen LogP contribution in [0.1, 0.15) is 0 Å². The molecule has 2 aromatic carbocycles. The molecule has 4 aromatic rings. The van der Waals surface area contributed by atoms with E-state index in [-0.39, 0.29) is 11.7 Å². The number of nitrogens with one attached hydrogen (secondary N) is 2. The molecule has 7 nitrogen and oxygen atoms in total. The summed E-state index contributed by atoms with van der Waals surface area (Å²) >= 11 is 1.29. The zero-order valence-electron chi connectivity index (χ0n) is 13.1. The summed E-state index contributed by atoms with van der Waals surface area (Å²) in [7, 11) is 0. The highest BCUT2D eigenvalue weighted by atomic mass is 32.2. The van der Waals surface area contributed by atoms with Crippen molar-refractivity contribution in [1.29, 1.82) is 0 Å². The Hall–Kier alpha value is -3.13. The standard InChI is InChI=1S/C17H14N6OS/c24-16(19-13-7-6-12-8-9-18-15(12)10-13)11-25-17-20-21-22-23(17)14-4-2-1-3-5-14/h1-10,18H,11H2,(H,19,24). The normalized spacial score (nSPS) is 10.9. The van der Waals surface area contributed by atoms with Gasteiger partial charge in [0.05, 0.1) is 11.4 Å². The lowest BCUT2D eigenvalue weighted by Gasteiger charge is -2.06. The number of benzene rings is 2. The van der Waals surface area contributed by atoms with Crippen molar-refractivity contribution in [2.45, 2.75) is 5.16 Å². The van der Waals surface area contributed by atoms with E-state index in [9.17, 15) is 4.79 Å². The van der Waals surface area contributed by atoms with Crippen molar-refractivity contribution in [3.8, 4) is 5.69 Å². The predicted octanol–water partition coefficient (Wildman–Crippen LogP) is 2.87. The van der Waals surface area contributed by atoms with Crippen molar-refractivity contribution in [1.82, 2.24) is 25.2 Å². The van der Waals surface area contributed by atoms with Crippen LogP contribution in [0.15, 0.2) is 66.0 Å². The van der Waals surface area contributed by atoms with E-state index in [1.54, 1.807) is 4.68 Å². The molecule has 0 fully saturated rings. The first kappa shape index (κ1) is 15.4. The van der Waals surface area contributed by atoms with Crippen molar-refractivity contribution in [2.24, 2.45) is 0 Å². The van der Waals surface area contributed by atoms with Gasteiger partial charge in [0.2, 0.25) is 11.1 Å². The van der Waals surface area contributed by atoms with E-state index in [1.807, 2.05) is 60.8 Å². The number of fused-ring (bicyclic) bond motifs is 1. The molecule has 0 saturated carbocycles. The van der Waals surface area contributed by atoms with E-state index >= 15 is 0 Å². The van der Waals surface area contributed by atoms with Gasteiger partial charge in [-0.1, -0.05) is 36.0 Å². The number of carbonyl (C=O) groups is 1. The number of anilines is 1. The zero-order valence-corrected chi connectivity index (χ0v) is 13.9. The largest absolute Gasteiger partial charge is 0.361 e. The number of aromatic nitrogens is 5. The van der Waals surface area contributed by atoms with Crippen molar-refractivity contribution in [3.63, 3.8) is 0 Å². The SMILES string of the molecule is O=C(CSc1nnnn1-c1ccccc1)Nc1ccc2cc[nH]c2c1. The maximum absolute atomic E-state index is 12.2. The van der Waals surface area contributed by atoms with Gasteiger partial charge in [-0.05, 0) is 46.1 Å². The van der Waals surface area contributed by atoms with Crippen molar-refractivity contribution in [3.05, 3.63) is 60.8 Å². The lowest BCUT2D eigenvalue weighted by Crippen LogP contribution is -2.14. The molecule has 0 aliphatic rings. The number of carbonyl (C=O) groups excluding carboxylic acids is 1. The van der Waals surface area contributed by atoms with E-state index in [0.29, 0.717) is 5.16 Å². The third kappa shape index (κ3) is 3.38. The van der Waals surface area contributed by atoms with Crippen LogP contribution in [0.25, 0.3) is 16.6 Å². The van der Waals surface area contributed by atoms with Crippen molar-refractivity contribution in [2.75, 3.05) is 11.1 Å². The third-order valence-corrected chi connectivity index (χ3v) is 4.53. The molecule has 0 aliphatic carbocycles. The number of hydrogen-bond donors (Lipinski definition) is 2. The van der Waals surface area contributed by atoms with Gasteiger partial charge in [0, 0.05) is 17.4 Å². The van der Waals surface area contributed by atoms with Gasteiger partial charge in [0.15, 0.2) is 0 Å². The molecular weight excluding hydrogens is 336 g/mol. The number of hydrogen-bond acceptors (Lipinski definition) is 5. The Balaban J connectivity index is 1.41. The minimum Gasteiger partial charge on any atom is -0.361 e. The molecule has 2 aromatic heterocycles. The summed E-state index contributed by atoms with van der Waals surface area (Å²) in [4.78, 5) is 15.3. The van der Waals surface area contributed by atoms with Gasteiger partial charge in [-0.2, -0.15) is 4.68 Å². The van der Waals surface area contributed by atoms with Crippen LogP contribution < -0.4 is 5.32 Å². The molecule has 2 heterocycles. The van der Waals surface area contributed by atoms with Crippen LogP contribution in [0.2, 0.25) is 0 Å². The van der Waals surface area contributed by atoms with Gasteiger partial charge in [-0.25, -0.2) is 0 Å². The summed E-state index contributed by atoms with van der Waals surface area (Å²) in [6, 6.07) is 17.3. The molecule has 2 N–H and O–H groups in total. The first-order chi connectivity index (χ1) is 12.3. The Morgan fingerprint density at radius 3 is 2.92 bits per heavy atom. The molecule has 124 valence electrons. The Bertz CT molecular complexity index is 1010. The van der Waals surface area contributed by atoms with E-state index in [4.69, 9.17) is 0 Å². The lowest BCUT2D eigenvalue weighted by molar-refractivity contribution is -0.113. The topological polar surface area (TPSA) is 88.5 Å². The number of aromatic amines is 1. The highest BCUT2D eigenvalue weighted by molar-refractivity contribution is 7.99. The molecular formula is C17H14N6OS. The summed E-state index contributed by atoms with van der Waals surface area (Å²) in [5.74, 6) is 0.106. The second-order valence-electron chi connectivity index (χ2n) is 5.33. The van der Waals surface area contributed by atoms with Crippen LogP contribution in [-0.2, 0) is 4.79 Å². The number of amides is 1. The molecule has 25 heavy (non-hydrogen) atoms. The minimum atomic E-state index is -0.112. The van der Waals surface area contributed by atoms with Crippen LogP contribution >= 0.6 is 11.8 Å². The van der Waals surface area contributed by atoms with Crippen LogP contribution in [0, 0.1) is 0 Å². The molecule has 1 amide bonds. The molecule has 0 unspecified atom stereocenters. The minimum absolute atomic E-state index is 0.112. The zero-order chi connectivity index (χ0) is 17.1. The summed E-state index contributed by atoms with van der Waals surface area (Å²) < 4.78 is 1.61. The van der Waals surface area contributed by atoms with Crippen molar-refractivity contribution < 1.29 is 4.79 Å². The average Bonchev–Trinajstić information content (AvgIpc) is 3.29. The Morgan fingerprint density at radius 1 is 1.16 bits per heavy atom. The highest BCUT2D eigenvalue weighted by Crippen LogP contribution is 2.20. The number of tetrazole rings is 1. The molecule has 4 rings (SSSR count). The number of nitrogens with zero attached hydrogens (tertiary/aromatic N) is 4. The van der Waals surface area contributed by atoms with Gasteiger partial charge < -0.3 is 10.3 Å². The summed E-state index contributed by atoms with van der Waals surface area (Å²) in [6.45, 7) is 0. The number of para-hydroxylation sites is 1. The molecule has 0 spiro atoms. The number of rotatable bonds is 5. The fourth-order valence-electron chi connectivity index (χ4n) is 2.45. The van der Waals surface area contributed by atoms with Gasteiger partial charge in [0.1, 0.15) is 0 Å². The summed E-state index contributed by atoms with van der Waals surface area (Å²) in [5, 5.41) is 16.2. The fourth-order valence-corrected chi connectivity index (χ4v) is 3.14. The van der Waals surface area contributed by atoms with E-state index in [0.717, 1.165) is 22.3 Å². The molecule has 0 radical (unpaired) electrons. The van der Waals surface area contributed by atoms with Crippen molar-refractivity contribution >= 4 is 34.3 Å². The average molecular weight is 350 g/mol. The first-order valence-corrected chi connectivity index (χ1v) is 8.62. The quantitative estimate of drug-likeness (QED) is 0.540. The first-order valence-electron chi connectivity index (χ1n) is 7.63. The Morgan fingerprint density at radius 2 is 2.04 bits per heavy atom. The monoisotopic (exact) mass is 350 g/mol. The number of thioether (sulfide) groups is 1. The maximum Gasteiger partial charge on any atom is 0.234 e. The second-order valence-corrected chi connectivity index (χ2v) is 6.27. The van der Waals surface area contributed by atoms with Crippen LogP contribution in [0.3, 0.4) is 0 Å². The van der Waals surface area contributed by atoms with Gasteiger partial charge >= 0.3 is 0 Å². The summed E-state index contributed by atoms with van der Waals surface area (Å²) in [5.41, 5.74) is 2.59. The van der Waals surface area contributed by atoms with Gasteiger partial charge in [-0.15, -0.1) is 5.10 Å². The molecule has 0 saturated heterocycles. The van der Waals surface area contributed by atoms with Crippen LogP contribution in [0.4, 0.5) is 5.69 Å². The lowest BCUT2D eigenvalue weighted by atomic mass is 10.2. The Labute approximate surface area is 147 Å². The van der Waals surface area contributed by atoms with Gasteiger partial charge in [-0.3, -0.25) is 4.79 Å². The molecule has 0 aliphatic heterocycles. The Kier molecular flexibility index (Phi) is 4.17. The molecule has 0 atom stereocenters. The second kappa shape index (κ2) is 6.78. The van der Waals surface area contributed by atoms with E-state index in [2.05, 4.69) is 25.8 Å². The number of H-pyrrole nitrogens is 1. The van der Waals surface area contributed by atoms with E-state index < -0.39 is 0 Å². The molecule has 8 heteroatoms. The van der Waals surface area contributed by atoms with Gasteiger partial charge in [0.25, 0.3) is 0 Å².